The highest BCUT2D eigenvalue weighted by Gasteiger charge is 2.63. The minimum absolute atomic E-state index is 0.0175. The molecule has 4 saturated carbocycles. The number of Topliss-reactive ketones (excluding diaryl/α,β-unsaturated/α-hetero) is 2. The maximum atomic E-state index is 13.2. The fourth-order valence-corrected chi connectivity index (χ4v) is 7.15. The maximum Gasteiger partial charge on any atom is 0.302 e. The Morgan fingerprint density at radius 2 is 1.88 bits per heavy atom. The van der Waals surface area contributed by atoms with E-state index < -0.39 is 5.41 Å². The van der Waals surface area contributed by atoms with E-state index in [1.807, 2.05) is 6.92 Å². The molecule has 0 radical (unpaired) electrons. The molecule has 0 saturated heterocycles. The molecule has 0 amide bonds. The van der Waals surface area contributed by atoms with Crippen LogP contribution in [0, 0.1) is 34.5 Å². The smallest absolute Gasteiger partial charge is 0.302 e. The average molecular weight is 346 g/mol. The van der Waals surface area contributed by atoms with E-state index in [1.54, 1.807) is 0 Å². The van der Waals surface area contributed by atoms with Crippen LogP contribution in [-0.4, -0.2) is 23.6 Å². The molecule has 0 bridgehead atoms. The Morgan fingerprint density at radius 3 is 2.60 bits per heavy atom. The van der Waals surface area contributed by atoms with Crippen molar-refractivity contribution in [3.63, 3.8) is 0 Å². The number of hydrogen-bond acceptors (Lipinski definition) is 4. The van der Waals surface area contributed by atoms with E-state index in [4.69, 9.17) is 4.74 Å². The van der Waals surface area contributed by atoms with Gasteiger partial charge in [0.25, 0.3) is 0 Å². The van der Waals surface area contributed by atoms with E-state index in [0.717, 1.165) is 38.5 Å². The number of ether oxygens (including phenoxy) is 1. The Kier molecular flexibility index (Phi) is 3.90. The van der Waals surface area contributed by atoms with Crippen LogP contribution >= 0.6 is 0 Å². The van der Waals surface area contributed by atoms with Gasteiger partial charge < -0.3 is 4.74 Å². The predicted octanol–water partition coefficient (Wildman–Crippen LogP) is 3.71. The van der Waals surface area contributed by atoms with E-state index in [9.17, 15) is 14.4 Å². The minimum Gasteiger partial charge on any atom is -0.463 e. The van der Waals surface area contributed by atoms with Gasteiger partial charge in [0, 0.05) is 31.1 Å². The predicted molar refractivity (Wildman–Crippen MR) is 92.7 cm³/mol. The van der Waals surface area contributed by atoms with E-state index in [0.29, 0.717) is 42.2 Å². The average Bonchev–Trinajstić information content (AvgIpc) is 2.82. The molecule has 4 nitrogen and oxygen atoms in total. The van der Waals surface area contributed by atoms with Crippen molar-refractivity contribution in [3.8, 4) is 0 Å². The fraction of sp³-hybridized carbons (Fsp3) is 0.857. The van der Waals surface area contributed by atoms with Crippen LogP contribution in [-0.2, 0) is 19.1 Å². The van der Waals surface area contributed by atoms with Crippen molar-refractivity contribution in [2.24, 2.45) is 34.5 Å². The number of fused-ring (bicyclic) bond motifs is 5. The van der Waals surface area contributed by atoms with Crippen molar-refractivity contribution in [1.82, 2.24) is 0 Å². The van der Waals surface area contributed by atoms with Gasteiger partial charge in [0.2, 0.25) is 0 Å². The van der Waals surface area contributed by atoms with Gasteiger partial charge >= 0.3 is 5.97 Å². The largest absolute Gasteiger partial charge is 0.463 e. The van der Waals surface area contributed by atoms with Crippen molar-refractivity contribution in [3.05, 3.63) is 0 Å². The van der Waals surface area contributed by atoms with Crippen LogP contribution in [0.2, 0.25) is 0 Å². The summed E-state index contributed by atoms with van der Waals surface area (Å²) in [4.78, 5) is 37.0. The summed E-state index contributed by atoms with van der Waals surface area (Å²) < 4.78 is 5.48. The summed E-state index contributed by atoms with van der Waals surface area (Å²) in [7, 11) is 0. The van der Waals surface area contributed by atoms with Crippen LogP contribution in [0.25, 0.3) is 0 Å². The summed E-state index contributed by atoms with van der Waals surface area (Å²) in [5, 5.41) is 0. The Bertz CT molecular complexity index is 625. The number of carbonyl (C=O) groups excluding carboxylic acids is 3. The highest BCUT2D eigenvalue weighted by Crippen LogP contribution is 2.64. The second kappa shape index (κ2) is 5.65. The first-order chi connectivity index (χ1) is 11.8. The zero-order chi connectivity index (χ0) is 18.0. The first-order valence-corrected chi connectivity index (χ1v) is 9.99. The van der Waals surface area contributed by atoms with Crippen LogP contribution in [0.1, 0.15) is 72.1 Å². The molecule has 0 N–H and O–H groups in total. The number of rotatable bonds is 1. The third-order valence-corrected chi connectivity index (χ3v) is 8.35. The minimum atomic E-state index is -0.392. The maximum absolute atomic E-state index is 13.2. The lowest BCUT2D eigenvalue weighted by Gasteiger charge is -2.59. The van der Waals surface area contributed by atoms with Gasteiger partial charge in [0.05, 0.1) is 0 Å². The Hall–Kier alpha value is -1.19. The monoisotopic (exact) mass is 346 g/mol. The lowest BCUT2D eigenvalue weighted by atomic mass is 9.45. The molecule has 0 unspecified atom stereocenters. The van der Waals surface area contributed by atoms with Crippen molar-refractivity contribution in [2.45, 2.75) is 78.2 Å². The van der Waals surface area contributed by atoms with Crippen molar-refractivity contribution >= 4 is 17.5 Å². The molecule has 0 spiro atoms. The lowest BCUT2D eigenvalue weighted by molar-refractivity contribution is -0.168. The van der Waals surface area contributed by atoms with Crippen LogP contribution < -0.4 is 0 Å². The standard InChI is InChI=1S/C21H30O4/c1-12(22)25-14-8-9-20(2)13(10-14)4-5-15-16-6-7-18(24)21(16,3)11-17(23)19(15)20/h13-16,19H,4-11H2,1-3H3/t13-,14+,15+,16+,19-,20-,21+/m0/s1. The molecule has 0 heterocycles. The van der Waals surface area contributed by atoms with Crippen molar-refractivity contribution in [1.29, 1.82) is 0 Å². The Labute approximate surface area is 150 Å². The van der Waals surface area contributed by atoms with E-state index >= 15 is 0 Å². The van der Waals surface area contributed by atoms with Crippen LogP contribution in [0.5, 0.6) is 0 Å². The molecule has 4 fully saturated rings. The summed E-state index contributed by atoms with van der Waals surface area (Å²) in [6.07, 6.45) is 6.97. The summed E-state index contributed by atoms with van der Waals surface area (Å²) in [6.45, 7) is 5.83. The topological polar surface area (TPSA) is 60.4 Å². The molecule has 0 aromatic heterocycles. The summed E-state index contributed by atoms with van der Waals surface area (Å²) >= 11 is 0. The second-order valence-corrected chi connectivity index (χ2v) is 9.56. The number of carbonyl (C=O) groups is 3. The van der Waals surface area contributed by atoms with E-state index in [2.05, 4.69) is 6.92 Å². The number of hydrogen-bond donors (Lipinski definition) is 0. The first-order valence-electron chi connectivity index (χ1n) is 9.99. The van der Waals surface area contributed by atoms with Gasteiger partial charge in [0.1, 0.15) is 17.7 Å². The van der Waals surface area contributed by atoms with Gasteiger partial charge in [-0.15, -0.1) is 0 Å². The molecular formula is C21H30O4. The van der Waals surface area contributed by atoms with Gasteiger partial charge in [-0.1, -0.05) is 13.8 Å². The first kappa shape index (κ1) is 17.2. The molecule has 7 atom stereocenters. The van der Waals surface area contributed by atoms with Crippen LogP contribution in [0.4, 0.5) is 0 Å². The molecule has 0 aliphatic heterocycles. The summed E-state index contributed by atoms with van der Waals surface area (Å²) in [6, 6.07) is 0. The highest BCUT2D eigenvalue weighted by molar-refractivity contribution is 5.95. The van der Waals surface area contributed by atoms with E-state index in [1.165, 1.54) is 6.92 Å². The molecule has 0 aromatic carbocycles. The Morgan fingerprint density at radius 1 is 1.12 bits per heavy atom. The SMILES string of the molecule is CC(=O)O[C@@H]1CC[C@@]2(C)[C@@H](CC[C@H]3[C@H]2C(=O)C[C@@]2(C)C(=O)CC[C@H]32)C1. The zero-order valence-electron chi connectivity index (χ0n) is 15.7. The van der Waals surface area contributed by atoms with E-state index in [-0.39, 0.29) is 23.4 Å². The van der Waals surface area contributed by atoms with Gasteiger partial charge in [0.15, 0.2) is 0 Å². The third kappa shape index (κ3) is 2.43. The zero-order valence-corrected chi connectivity index (χ0v) is 15.7. The van der Waals surface area contributed by atoms with Crippen LogP contribution in [0.15, 0.2) is 0 Å². The number of esters is 1. The summed E-state index contributed by atoms with van der Waals surface area (Å²) in [5.74, 6) is 1.78. The quantitative estimate of drug-likeness (QED) is 0.679. The molecule has 4 heteroatoms. The molecule has 4 aliphatic carbocycles. The normalized spacial score (nSPS) is 49.2. The molecule has 25 heavy (non-hydrogen) atoms. The lowest BCUT2D eigenvalue weighted by Crippen LogP contribution is -2.57. The van der Waals surface area contributed by atoms with Gasteiger partial charge in [-0.2, -0.15) is 0 Å². The highest BCUT2D eigenvalue weighted by atomic mass is 16.5. The molecule has 4 rings (SSSR count). The molecule has 0 aromatic rings. The van der Waals surface area contributed by atoms with Crippen molar-refractivity contribution < 1.29 is 19.1 Å². The fourth-order valence-electron chi connectivity index (χ4n) is 7.15. The van der Waals surface area contributed by atoms with Crippen molar-refractivity contribution in [2.75, 3.05) is 0 Å². The third-order valence-electron chi connectivity index (χ3n) is 8.35. The van der Waals surface area contributed by atoms with Gasteiger partial charge in [-0.05, 0) is 61.7 Å². The second-order valence-electron chi connectivity index (χ2n) is 9.56. The summed E-state index contributed by atoms with van der Waals surface area (Å²) in [5.41, 5.74) is -0.375. The molecule has 4 aliphatic rings. The van der Waals surface area contributed by atoms with Gasteiger partial charge in [-0.3, -0.25) is 14.4 Å². The van der Waals surface area contributed by atoms with Crippen LogP contribution in [0.3, 0.4) is 0 Å². The molecular weight excluding hydrogens is 316 g/mol. The van der Waals surface area contributed by atoms with Gasteiger partial charge in [-0.25, -0.2) is 0 Å². The molecule has 138 valence electrons. The number of ketones is 2. The Balaban J connectivity index is 1.60.